The molecule has 158 valence electrons. The van der Waals surface area contributed by atoms with Gasteiger partial charge in [-0.15, -0.1) is 0 Å². The highest BCUT2D eigenvalue weighted by atomic mass is 16.4. The van der Waals surface area contributed by atoms with Crippen LogP contribution in [0.3, 0.4) is 0 Å². The molecule has 3 heterocycles. The fourth-order valence-electron chi connectivity index (χ4n) is 4.18. The van der Waals surface area contributed by atoms with Crippen molar-refractivity contribution < 1.29 is 9.90 Å². The minimum absolute atomic E-state index is 0.321. The summed E-state index contributed by atoms with van der Waals surface area (Å²) in [5.41, 5.74) is 6.09. The molecule has 5 rings (SSSR count). The van der Waals surface area contributed by atoms with Crippen LogP contribution in [0, 0.1) is 0 Å². The molecule has 1 aliphatic heterocycles. The molecule has 0 fully saturated rings. The summed E-state index contributed by atoms with van der Waals surface area (Å²) in [5.74, 6) is -0.897. The zero-order chi connectivity index (χ0) is 21.9. The summed E-state index contributed by atoms with van der Waals surface area (Å²) in [4.78, 5) is 17.6. The Morgan fingerprint density at radius 2 is 1.88 bits per heavy atom. The molecule has 0 saturated heterocycles. The second-order valence-electron chi connectivity index (χ2n) is 7.96. The van der Waals surface area contributed by atoms with E-state index in [2.05, 4.69) is 69.3 Å². The maximum Gasteiger partial charge on any atom is 0.335 e. The topological polar surface area (TPSA) is 58.4 Å². The third-order valence-corrected chi connectivity index (χ3v) is 5.75. The van der Waals surface area contributed by atoms with Crippen LogP contribution in [0.15, 0.2) is 97.6 Å². The Labute approximate surface area is 186 Å². The van der Waals surface area contributed by atoms with E-state index in [1.807, 2.05) is 18.3 Å². The summed E-state index contributed by atoms with van der Waals surface area (Å²) in [6, 6.07) is 19.7. The Balaban J connectivity index is 1.38. The van der Waals surface area contributed by atoms with E-state index in [1.54, 1.807) is 24.4 Å². The first kappa shape index (κ1) is 19.8. The fourth-order valence-corrected chi connectivity index (χ4v) is 4.18. The number of para-hydroxylation sites is 1. The lowest BCUT2D eigenvalue weighted by molar-refractivity contribution is 0.0696. The van der Waals surface area contributed by atoms with Gasteiger partial charge in [0.25, 0.3) is 0 Å². The Morgan fingerprint density at radius 3 is 2.66 bits per heavy atom. The minimum atomic E-state index is -0.897. The number of carbonyl (C=O) groups is 1. The molecule has 5 nitrogen and oxygen atoms in total. The first-order chi connectivity index (χ1) is 15.7. The smallest absolute Gasteiger partial charge is 0.335 e. The van der Waals surface area contributed by atoms with Crippen LogP contribution < -0.4 is 0 Å². The van der Waals surface area contributed by atoms with E-state index in [0.717, 1.165) is 18.7 Å². The third-order valence-electron chi connectivity index (χ3n) is 5.75. The fraction of sp³-hybridized carbons (Fsp3) is 0.111. The molecule has 0 radical (unpaired) electrons. The highest BCUT2D eigenvalue weighted by Gasteiger charge is 2.14. The van der Waals surface area contributed by atoms with Crippen LogP contribution in [-0.4, -0.2) is 32.1 Å². The van der Waals surface area contributed by atoms with Crippen LogP contribution in [0.25, 0.3) is 16.5 Å². The molecule has 0 aliphatic carbocycles. The highest BCUT2D eigenvalue weighted by molar-refractivity contribution is 5.95. The van der Waals surface area contributed by atoms with Gasteiger partial charge >= 0.3 is 5.97 Å². The van der Waals surface area contributed by atoms with E-state index < -0.39 is 5.97 Å². The minimum Gasteiger partial charge on any atom is -0.478 e. The number of fused-ring (bicyclic) bond motifs is 1. The zero-order valence-corrected chi connectivity index (χ0v) is 17.6. The van der Waals surface area contributed by atoms with Gasteiger partial charge < -0.3 is 14.6 Å². The number of rotatable bonds is 6. The van der Waals surface area contributed by atoms with Gasteiger partial charge in [-0.2, -0.15) is 0 Å². The number of carboxylic acid groups (broad SMARTS) is 1. The number of nitrogens with zero attached hydrogens (tertiary/aromatic N) is 3. The number of hydrogen-bond acceptors (Lipinski definition) is 3. The number of hydrogen-bond donors (Lipinski definition) is 1. The molecule has 1 aliphatic rings. The van der Waals surface area contributed by atoms with Crippen LogP contribution in [0.2, 0.25) is 0 Å². The van der Waals surface area contributed by atoms with Crippen molar-refractivity contribution in [2.24, 2.45) is 0 Å². The SMILES string of the molecule is O=C(O)c1cccc(CN2C=CC(c3cn(Cc4cccnc4)c4ccccc34)=CC2)c1. The number of allylic oxidation sites excluding steroid dienone is 2. The quantitative estimate of drug-likeness (QED) is 0.465. The molecular formula is C27H23N3O2. The number of pyridine rings is 1. The lowest BCUT2D eigenvalue weighted by atomic mass is 10.0. The second kappa shape index (κ2) is 8.55. The Morgan fingerprint density at radius 1 is 1.00 bits per heavy atom. The summed E-state index contributed by atoms with van der Waals surface area (Å²) >= 11 is 0. The first-order valence-corrected chi connectivity index (χ1v) is 10.6. The van der Waals surface area contributed by atoms with Crippen LogP contribution in [0.4, 0.5) is 0 Å². The van der Waals surface area contributed by atoms with Gasteiger partial charge in [-0.3, -0.25) is 4.98 Å². The van der Waals surface area contributed by atoms with Gasteiger partial charge in [-0.1, -0.05) is 42.5 Å². The Hall–Kier alpha value is -4.12. The van der Waals surface area contributed by atoms with Crippen molar-refractivity contribution in [1.29, 1.82) is 0 Å². The molecule has 0 unspecified atom stereocenters. The van der Waals surface area contributed by atoms with Crippen LogP contribution in [-0.2, 0) is 13.1 Å². The van der Waals surface area contributed by atoms with Gasteiger partial charge in [-0.25, -0.2) is 4.79 Å². The molecule has 0 amide bonds. The monoisotopic (exact) mass is 421 g/mol. The molecule has 4 aromatic rings. The van der Waals surface area contributed by atoms with E-state index >= 15 is 0 Å². The normalized spacial score (nSPS) is 13.4. The largest absolute Gasteiger partial charge is 0.478 e. The average molecular weight is 422 g/mol. The van der Waals surface area contributed by atoms with Gasteiger partial charge in [0, 0.05) is 60.9 Å². The predicted octanol–water partition coefficient (Wildman–Crippen LogP) is 5.20. The molecule has 0 bridgehead atoms. The molecule has 0 saturated carbocycles. The Bertz CT molecular complexity index is 1340. The second-order valence-corrected chi connectivity index (χ2v) is 7.96. The summed E-state index contributed by atoms with van der Waals surface area (Å²) in [6.45, 7) is 2.22. The van der Waals surface area contributed by atoms with Gasteiger partial charge in [-0.05, 0) is 47.0 Å². The number of aromatic carboxylic acids is 1. The van der Waals surface area contributed by atoms with Crippen LogP contribution >= 0.6 is 0 Å². The molecular weight excluding hydrogens is 398 g/mol. The molecule has 2 aromatic heterocycles. The summed E-state index contributed by atoms with van der Waals surface area (Å²) in [7, 11) is 0. The van der Waals surface area contributed by atoms with E-state index in [4.69, 9.17) is 0 Å². The van der Waals surface area contributed by atoms with Crippen molar-refractivity contribution >= 4 is 22.4 Å². The van der Waals surface area contributed by atoms with Crippen LogP contribution in [0.5, 0.6) is 0 Å². The summed E-state index contributed by atoms with van der Waals surface area (Å²) < 4.78 is 2.28. The number of carboxylic acids is 1. The highest BCUT2D eigenvalue weighted by Crippen LogP contribution is 2.30. The van der Waals surface area contributed by atoms with Crippen molar-refractivity contribution in [3.05, 3.63) is 120 Å². The van der Waals surface area contributed by atoms with Crippen molar-refractivity contribution in [3.63, 3.8) is 0 Å². The van der Waals surface area contributed by atoms with Gasteiger partial charge in [0.15, 0.2) is 0 Å². The molecule has 1 N–H and O–H groups in total. The maximum absolute atomic E-state index is 11.2. The van der Waals surface area contributed by atoms with Crippen molar-refractivity contribution in [3.8, 4) is 0 Å². The van der Waals surface area contributed by atoms with E-state index in [1.165, 1.54) is 27.6 Å². The summed E-state index contributed by atoms with van der Waals surface area (Å²) in [5, 5.41) is 10.4. The predicted molar refractivity (Wildman–Crippen MR) is 126 cm³/mol. The summed E-state index contributed by atoms with van der Waals surface area (Å²) in [6.07, 6.45) is 12.4. The molecule has 0 spiro atoms. The van der Waals surface area contributed by atoms with Gasteiger partial charge in [0.2, 0.25) is 0 Å². The zero-order valence-electron chi connectivity index (χ0n) is 17.6. The number of aromatic nitrogens is 2. The molecule has 2 aromatic carbocycles. The Kier molecular flexibility index (Phi) is 5.30. The van der Waals surface area contributed by atoms with E-state index in [0.29, 0.717) is 12.1 Å². The van der Waals surface area contributed by atoms with Crippen LogP contribution in [0.1, 0.15) is 27.0 Å². The molecule has 5 heteroatoms. The molecule has 0 atom stereocenters. The van der Waals surface area contributed by atoms with Crippen molar-refractivity contribution in [2.75, 3.05) is 6.54 Å². The average Bonchev–Trinajstić information content (AvgIpc) is 3.19. The van der Waals surface area contributed by atoms with Gasteiger partial charge in [0.05, 0.1) is 5.56 Å². The lowest BCUT2D eigenvalue weighted by Gasteiger charge is -2.23. The van der Waals surface area contributed by atoms with Crippen molar-refractivity contribution in [2.45, 2.75) is 13.1 Å². The standard InChI is InChI=1S/C27H23N3O2/c31-27(32)23-7-3-5-20(15-23)17-29-13-10-22(11-14-29)25-19-30(18-21-6-4-12-28-16-21)26-9-2-1-8-24(25)26/h1-13,15-16,19H,14,17-18H2,(H,31,32). The number of benzene rings is 2. The van der Waals surface area contributed by atoms with E-state index in [-0.39, 0.29) is 0 Å². The maximum atomic E-state index is 11.2. The van der Waals surface area contributed by atoms with Gasteiger partial charge in [0.1, 0.15) is 0 Å². The van der Waals surface area contributed by atoms with Crippen molar-refractivity contribution in [1.82, 2.24) is 14.5 Å². The first-order valence-electron chi connectivity index (χ1n) is 10.6. The molecule has 32 heavy (non-hydrogen) atoms. The lowest BCUT2D eigenvalue weighted by Crippen LogP contribution is -2.19. The third kappa shape index (κ3) is 4.05. The van der Waals surface area contributed by atoms with E-state index in [9.17, 15) is 9.90 Å².